The molecule has 2 aromatic heterocycles. The van der Waals surface area contributed by atoms with Crippen LogP contribution in [-0.2, 0) is 11.3 Å². The summed E-state index contributed by atoms with van der Waals surface area (Å²) in [6.45, 7) is 1.14. The average molecular weight is 467 g/mol. The fourth-order valence-corrected chi connectivity index (χ4v) is 3.66. The number of carbonyl (C=O) groups is 2. The third-order valence-electron chi connectivity index (χ3n) is 5.39. The summed E-state index contributed by atoms with van der Waals surface area (Å²) in [5, 5.41) is 7.00. The van der Waals surface area contributed by atoms with Gasteiger partial charge >= 0.3 is 6.03 Å². The number of rotatable bonds is 9. The number of hydrogen-bond acceptors (Lipinski definition) is 7. The minimum absolute atomic E-state index is 0.0859. The number of carbonyl (C=O) groups excluding carboxylic acids is 2. The molecule has 1 fully saturated rings. The standard InChI is InChI=1S/C23H25N5O6/c1-32-19-7-5-16(14-20(19)33-2)27-12-11-26(23(27)31)15-21(29)24-9-10-28-22(30)8-6-17(25-28)18-4-3-13-34-18/h3-8,13-14H,9-12,15H2,1-2H3,(H,24,29). The number of nitrogens with one attached hydrogen (secondary N) is 1. The van der Waals surface area contributed by atoms with Crippen LogP contribution in [0.3, 0.4) is 0 Å². The average Bonchev–Trinajstić information content (AvgIpc) is 3.50. The molecule has 0 atom stereocenters. The number of methoxy groups -OCH3 is 2. The third kappa shape index (κ3) is 4.87. The van der Waals surface area contributed by atoms with E-state index in [0.29, 0.717) is 41.7 Å². The van der Waals surface area contributed by atoms with Crippen LogP contribution >= 0.6 is 0 Å². The van der Waals surface area contributed by atoms with Crippen molar-refractivity contribution in [2.45, 2.75) is 6.54 Å². The number of ether oxygens (including phenoxy) is 2. The molecule has 1 aromatic carbocycles. The maximum absolute atomic E-state index is 12.8. The lowest BCUT2D eigenvalue weighted by Gasteiger charge is -2.19. The number of aromatic nitrogens is 2. The molecule has 1 saturated heterocycles. The van der Waals surface area contributed by atoms with E-state index in [9.17, 15) is 14.4 Å². The van der Waals surface area contributed by atoms with E-state index in [0.717, 1.165) is 0 Å². The van der Waals surface area contributed by atoms with E-state index < -0.39 is 0 Å². The van der Waals surface area contributed by atoms with E-state index in [-0.39, 0.29) is 37.1 Å². The summed E-state index contributed by atoms with van der Waals surface area (Å²) < 4.78 is 17.1. The maximum atomic E-state index is 12.8. The summed E-state index contributed by atoms with van der Waals surface area (Å²) in [4.78, 5) is 40.4. The first-order chi connectivity index (χ1) is 16.5. The summed E-state index contributed by atoms with van der Waals surface area (Å²) in [6, 6.07) is 11.4. The SMILES string of the molecule is COc1ccc(N2CCN(CC(=O)NCCn3nc(-c4ccco4)ccc3=O)C2=O)cc1OC. The zero-order valence-corrected chi connectivity index (χ0v) is 18.9. The number of hydrogen-bond donors (Lipinski definition) is 1. The first-order valence-electron chi connectivity index (χ1n) is 10.7. The van der Waals surface area contributed by atoms with Crippen LogP contribution in [0.4, 0.5) is 10.5 Å². The normalized spacial score (nSPS) is 13.3. The van der Waals surface area contributed by atoms with Gasteiger partial charge in [0.2, 0.25) is 5.91 Å². The molecule has 0 spiro atoms. The molecule has 11 nitrogen and oxygen atoms in total. The van der Waals surface area contributed by atoms with Gasteiger partial charge in [-0.05, 0) is 30.3 Å². The zero-order chi connectivity index (χ0) is 24.1. The molecular formula is C23H25N5O6. The van der Waals surface area contributed by atoms with Crippen LogP contribution in [0.1, 0.15) is 0 Å². The molecule has 178 valence electrons. The van der Waals surface area contributed by atoms with Crippen molar-refractivity contribution in [3.05, 3.63) is 59.1 Å². The molecule has 1 aliphatic heterocycles. The van der Waals surface area contributed by atoms with Crippen molar-refractivity contribution in [3.63, 3.8) is 0 Å². The Morgan fingerprint density at radius 1 is 1.09 bits per heavy atom. The molecule has 34 heavy (non-hydrogen) atoms. The van der Waals surface area contributed by atoms with Gasteiger partial charge in [0.1, 0.15) is 12.2 Å². The lowest BCUT2D eigenvalue weighted by molar-refractivity contribution is -0.121. The van der Waals surface area contributed by atoms with E-state index in [4.69, 9.17) is 13.9 Å². The Hall–Kier alpha value is -4.28. The van der Waals surface area contributed by atoms with Gasteiger partial charge in [-0.3, -0.25) is 14.5 Å². The van der Waals surface area contributed by atoms with Gasteiger partial charge in [-0.25, -0.2) is 9.48 Å². The largest absolute Gasteiger partial charge is 0.493 e. The Labute approximate surface area is 195 Å². The second kappa shape index (κ2) is 10.1. The summed E-state index contributed by atoms with van der Waals surface area (Å²) in [5.74, 6) is 1.31. The van der Waals surface area contributed by atoms with Crippen LogP contribution in [0.15, 0.2) is 57.9 Å². The molecule has 11 heteroatoms. The Morgan fingerprint density at radius 2 is 1.91 bits per heavy atom. The summed E-state index contributed by atoms with van der Waals surface area (Å²) in [6.07, 6.45) is 1.53. The van der Waals surface area contributed by atoms with Crippen molar-refractivity contribution in [2.75, 3.05) is 45.3 Å². The van der Waals surface area contributed by atoms with Crippen molar-refractivity contribution in [1.29, 1.82) is 0 Å². The van der Waals surface area contributed by atoms with Crippen LogP contribution in [0.25, 0.3) is 11.5 Å². The van der Waals surface area contributed by atoms with Crippen molar-refractivity contribution in [1.82, 2.24) is 20.0 Å². The van der Waals surface area contributed by atoms with E-state index in [1.807, 2.05) is 0 Å². The number of benzene rings is 1. The minimum atomic E-state index is -0.322. The molecular weight excluding hydrogens is 442 g/mol. The smallest absolute Gasteiger partial charge is 0.325 e. The molecule has 3 amide bonds. The topological polar surface area (TPSA) is 119 Å². The molecule has 0 aliphatic carbocycles. The molecule has 3 heterocycles. The van der Waals surface area contributed by atoms with E-state index >= 15 is 0 Å². The Bertz CT molecular complexity index is 1220. The summed E-state index contributed by atoms with van der Waals surface area (Å²) >= 11 is 0. The molecule has 1 N–H and O–H groups in total. The van der Waals surface area contributed by atoms with E-state index in [1.54, 1.807) is 48.4 Å². The highest BCUT2D eigenvalue weighted by Gasteiger charge is 2.31. The number of nitrogens with zero attached hydrogens (tertiary/aromatic N) is 4. The Morgan fingerprint density at radius 3 is 2.65 bits per heavy atom. The fourth-order valence-electron chi connectivity index (χ4n) is 3.66. The fraction of sp³-hybridized carbons (Fsp3) is 0.304. The van der Waals surface area contributed by atoms with Crippen LogP contribution in [0, 0.1) is 0 Å². The highest BCUT2D eigenvalue weighted by Crippen LogP contribution is 2.32. The van der Waals surface area contributed by atoms with Crippen LogP contribution in [0.5, 0.6) is 11.5 Å². The monoisotopic (exact) mass is 467 g/mol. The lowest BCUT2D eigenvalue weighted by atomic mass is 10.2. The van der Waals surface area contributed by atoms with Crippen molar-refractivity contribution in [3.8, 4) is 23.0 Å². The first kappa shape index (κ1) is 22.9. The van der Waals surface area contributed by atoms with Crippen LogP contribution < -0.4 is 25.2 Å². The maximum Gasteiger partial charge on any atom is 0.325 e. The van der Waals surface area contributed by atoms with Crippen molar-refractivity contribution < 1.29 is 23.5 Å². The van der Waals surface area contributed by atoms with Crippen molar-refractivity contribution >= 4 is 17.6 Å². The molecule has 4 rings (SSSR count). The molecule has 3 aromatic rings. The minimum Gasteiger partial charge on any atom is -0.493 e. The molecule has 1 aliphatic rings. The number of amides is 3. The van der Waals surface area contributed by atoms with Gasteiger partial charge in [-0.1, -0.05) is 0 Å². The molecule has 0 radical (unpaired) electrons. The van der Waals surface area contributed by atoms with Gasteiger partial charge in [-0.2, -0.15) is 5.10 Å². The second-order valence-electron chi connectivity index (χ2n) is 7.50. The molecule has 0 saturated carbocycles. The first-order valence-corrected chi connectivity index (χ1v) is 10.7. The summed E-state index contributed by atoms with van der Waals surface area (Å²) in [7, 11) is 3.07. The molecule has 0 bridgehead atoms. The summed E-state index contributed by atoms with van der Waals surface area (Å²) in [5.41, 5.74) is 0.895. The van der Waals surface area contributed by atoms with E-state index in [2.05, 4.69) is 10.4 Å². The molecule has 0 unspecified atom stereocenters. The second-order valence-corrected chi connectivity index (χ2v) is 7.50. The highest BCUT2D eigenvalue weighted by atomic mass is 16.5. The van der Waals surface area contributed by atoms with Gasteiger partial charge in [0.15, 0.2) is 17.3 Å². The zero-order valence-electron chi connectivity index (χ0n) is 18.9. The van der Waals surface area contributed by atoms with E-state index in [1.165, 1.54) is 29.0 Å². The van der Waals surface area contributed by atoms with Crippen LogP contribution in [-0.4, -0.2) is 67.0 Å². The Kier molecular flexibility index (Phi) is 6.81. The van der Waals surface area contributed by atoms with Crippen molar-refractivity contribution in [2.24, 2.45) is 0 Å². The number of furan rings is 1. The quantitative estimate of drug-likeness (QED) is 0.507. The van der Waals surface area contributed by atoms with Gasteiger partial charge in [-0.15, -0.1) is 0 Å². The highest BCUT2D eigenvalue weighted by molar-refractivity contribution is 5.96. The number of anilines is 1. The van der Waals surface area contributed by atoms with Crippen LogP contribution in [0.2, 0.25) is 0 Å². The lowest BCUT2D eigenvalue weighted by Crippen LogP contribution is -2.41. The third-order valence-corrected chi connectivity index (χ3v) is 5.39. The van der Waals surface area contributed by atoms with Gasteiger partial charge in [0.05, 0.1) is 27.0 Å². The predicted octanol–water partition coefficient (Wildman–Crippen LogP) is 1.58. The van der Waals surface area contributed by atoms with Gasteiger partial charge < -0.3 is 24.1 Å². The number of urea groups is 1. The van der Waals surface area contributed by atoms with Gasteiger partial charge in [0.25, 0.3) is 5.56 Å². The Balaban J connectivity index is 1.31. The van der Waals surface area contributed by atoms with Gasteiger partial charge in [0, 0.05) is 37.5 Å². The predicted molar refractivity (Wildman–Crippen MR) is 123 cm³/mol.